The van der Waals surface area contributed by atoms with E-state index in [2.05, 4.69) is 5.32 Å². The van der Waals surface area contributed by atoms with E-state index in [4.69, 9.17) is 33.0 Å². The Bertz CT molecular complexity index is 941. The van der Waals surface area contributed by atoms with E-state index in [-0.39, 0.29) is 27.5 Å². The minimum atomic E-state index is -1.24. The van der Waals surface area contributed by atoms with Gasteiger partial charge < -0.3 is 20.3 Å². The molecule has 0 bridgehead atoms. The first kappa shape index (κ1) is 21.9. The maximum absolute atomic E-state index is 11.7. The second kappa shape index (κ2) is 8.71. The molecule has 0 aliphatic heterocycles. The van der Waals surface area contributed by atoms with Crippen LogP contribution in [0.25, 0.3) is 0 Å². The molecule has 8 heteroatoms. The summed E-state index contributed by atoms with van der Waals surface area (Å²) in [5.41, 5.74) is 2.18. The third kappa shape index (κ3) is 4.88. The van der Waals surface area contributed by atoms with Crippen LogP contribution in [0, 0.1) is 13.8 Å². The number of phenols is 1. The lowest BCUT2D eigenvalue weighted by Gasteiger charge is -2.17. The molecule has 28 heavy (non-hydrogen) atoms. The van der Waals surface area contributed by atoms with Gasteiger partial charge in [0.15, 0.2) is 5.75 Å². The summed E-state index contributed by atoms with van der Waals surface area (Å²) in [4.78, 5) is 22.4. The molecule has 1 amide bonds. The normalized spacial score (nSPS) is 10.8. The first-order valence-corrected chi connectivity index (χ1v) is 9.28. The zero-order chi connectivity index (χ0) is 21.2. The number of amides is 1. The van der Waals surface area contributed by atoms with Gasteiger partial charge in [-0.2, -0.15) is 0 Å². The van der Waals surface area contributed by atoms with Crippen LogP contribution in [-0.2, 0) is 9.59 Å². The van der Waals surface area contributed by atoms with Crippen LogP contribution in [0.2, 0.25) is 10.0 Å². The Balaban J connectivity index is 2.39. The molecule has 3 N–H and O–H groups in total. The minimum absolute atomic E-state index is 0.0850. The van der Waals surface area contributed by atoms with Crippen LogP contribution in [0.5, 0.6) is 17.2 Å². The van der Waals surface area contributed by atoms with Gasteiger partial charge in [-0.3, -0.25) is 9.59 Å². The third-order valence-corrected chi connectivity index (χ3v) is 4.89. The molecule has 2 aromatic rings. The number of nitrogens with one attached hydrogen (secondary N) is 1. The predicted molar refractivity (Wildman–Crippen MR) is 109 cm³/mol. The lowest BCUT2D eigenvalue weighted by molar-refractivity contribution is -0.139. The zero-order valence-electron chi connectivity index (χ0n) is 15.9. The summed E-state index contributed by atoms with van der Waals surface area (Å²) < 4.78 is 5.89. The molecule has 2 rings (SSSR count). The highest BCUT2D eigenvalue weighted by Gasteiger charge is 2.19. The Hall–Kier alpha value is -2.44. The minimum Gasteiger partial charge on any atom is -0.507 e. The smallest absolute Gasteiger partial charge is 0.312 e. The van der Waals surface area contributed by atoms with Gasteiger partial charge in [-0.25, -0.2) is 0 Å². The van der Waals surface area contributed by atoms with Crippen LogP contribution in [0.1, 0.15) is 42.9 Å². The zero-order valence-corrected chi connectivity index (χ0v) is 17.4. The standard InChI is InChI=1S/C20H21Cl2NO5/c1-9(2)13-6-12(5-10(3)19(13)27)28-20-14(21)7-15(11(4)18(20)22)23-16(24)8-17(25)26/h5-7,9,27H,8H2,1-4H3,(H,23,24)(H,25,26). The number of aromatic hydroxyl groups is 1. The molecule has 2 aromatic carbocycles. The fourth-order valence-corrected chi connectivity index (χ4v) is 3.17. The number of hydrogen-bond acceptors (Lipinski definition) is 4. The number of anilines is 1. The first-order chi connectivity index (χ1) is 13.0. The molecule has 0 aliphatic carbocycles. The number of aryl methyl sites for hydroxylation is 1. The van der Waals surface area contributed by atoms with Gasteiger partial charge >= 0.3 is 5.97 Å². The molecular weight excluding hydrogens is 405 g/mol. The molecule has 0 unspecified atom stereocenters. The third-order valence-electron chi connectivity index (χ3n) is 4.15. The fraction of sp³-hybridized carbons (Fsp3) is 0.300. The van der Waals surface area contributed by atoms with Crippen LogP contribution in [0.15, 0.2) is 18.2 Å². The second-order valence-corrected chi connectivity index (χ2v) is 7.51. The number of aliphatic carboxylic acids is 1. The summed E-state index contributed by atoms with van der Waals surface area (Å²) in [6.45, 7) is 7.33. The molecule has 0 atom stereocenters. The molecule has 0 aliphatic rings. The van der Waals surface area contributed by atoms with E-state index in [9.17, 15) is 14.7 Å². The van der Waals surface area contributed by atoms with Crippen molar-refractivity contribution in [1.29, 1.82) is 0 Å². The van der Waals surface area contributed by atoms with Crippen LogP contribution in [0.3, 0.4) is 0 Å². The van der Waals surface area contributed by atoms with Crippen molar-refractivity contribution in [2.75, 3.05) is 5.32 Å². The Kier molecular flexibility index (Phi) is 6.80. The van der Waals surface area contributed by atoms with E-state index >= 15 is 0 Å². The number of benzene rings is 2. The van der Waals surface area contributed by atoms with E-state index in [1.54, 1.807) is 26.0 Å². The lowest BCUT2D eigenvalue weighted by Crippen LogP contribution is -2.16. The van der Waals surface area contributed by atoms with Crippen molar-refractivity contribution in [2.45, 2.75) is 40.0 Å². The Labute approximate surface area is 173 Å². The van der Waals surface area contributed by atoms with Crippen LogP contribution in [-0.4, -0.2) is 22.1 Å². The fourth-order valence-electron chi connectivity index (χ4n) is 2.64. The number of carboxylic acids is 1. The van der Waals surface area contributed by atoms with E-state index in [1.165, 1.54) is 6.07 Å². The molecule has 150 valence electrons. The Morgan fingerprint density at radius 1 is 1.18 bits per heavy atom. The van der Waals surface area contributed by atoms with E-state index in [0.717, 1.165) is 5.56 Å². The molecule has 0 fully saturated rings. The van der Waals surface area contributed by atoms with Gasteiger partial charge in [0.25, 0.3) is 0 Å². The second-order valence-electron chi connectivity index (χ2n) is 6.73. The van der Waals surface area contributed by atoms with Crippen molar-refractivity contribution in [3.8, 4) is 17.2 Å². The number of carboxylic acid groups (broad SMARTS) is 1. The van der Waals surface area contributed by atoms with Gasteiger partial charge in [0, 0.05) is 11.3 Å². The first-order valence-electron chi connectivity index (χ1n) is 8.52. The number of halogens is 2. The highest BCUT2D eigenvalue weighted by molar-refractivity contribution is 6.38. The van der Waals surface area contributed by atoms with E-state index in [1.807, 2.05) is 13.8 Å². The largest absolute Gasteiger partial charge is 0.507 e. The maximum Gasteiger partial charge on any atom is 0.312 e. The predicted octanol–water partition coefficient (Wildman–Crippen LogP) is 5.64. The summed E-state index contributed by atoms with van der Waals surface area (Å²) in [6, 6.07) is 4.85. The van der Waals surface area contributed by atoms with Crippen LogP contribution >= 0.6 is 23.2 Å². The van der Waals surface area contributed by atoms with Gasteiger partial charge in [0.1, 0.15) is 17.9 Å². The summed E-state index contributed by atoms with van der Waals surface area (Å²) in [5, 5.41) is 21.7. The van der Waals surface area contributed by atoms with Crippen LogP contribution < -0.4 is 10.1 Å². The average molecular weight is 426 g/mol. The Morgan fingerprint density at radius 3 is 2.39 bits per heavy atom. The van der Waals surface area contributed by atoms with Gasteiger partial charge in [-0.05, 0) is 49.1 Å². The quantitative estimate of drug-likeness (QED) is 0.519. The number of phenolic OH excluding ortho intramolecular Hbond substituents is 1. The van der Waals surface area contributed by atoms with Crippen molar-refractivity contribution >= 4 is 40.8 Å². The molecule has 0 spiro atoms. The number of ether oxygens (including phenoxy) is 1. The van der Waals surface area contributed by atoms with Crippen molar-refractivity contribution in [2.24, 2.45) is 0 Å². The molecule has 0 saturated carbocycles. The van der Waals surface area contributed by atoms with E-state index < -0.39 is 18.3 Å². The van der Waals surface area contributed by atoms with E-state index in [0.29, 0.717) is 22.6 Å². The summed E-state index contributed by atoms with van der Waals surface area (Å²) in [6.07, 6.45) is -0.669. The molecule has 0 saturated heterocycles. The number of carbonyl (C=O) groups excluding carboxylic acids is 1. The molecule has 0 radical (unpaired) electrons. The van der Waals surface area contributed by atoms with Crippen LogP contribution in [0.4, 0.5) is 5.69 Å². The Morgan fingerprint density at radius 2 is 1.82 bits per heavy atom. The molecule has 6 nitrogen and oxygen atoms in total. The summed E-state index contributed by atoms with van der Waals surface area (Å²) in [5.74, 6) is -0.959. The highest BCUT2D eigenvalue weighted by atomic mass is 35.5. The van der Waals surface area contributed by atoms with Gasteiger partial charge in [0.2, 0.25) is 5.91 Å². The van der Waals surface area contributed by atoms with Gasteiger partial charge in [-0.15, -0.1) is 0 Å². The van der Waals surface area contributed by atoms with Gasteiger partial charge in [-0.1, -0.05) is 37.0 Å². The number of hydrogen-bond donors (Lipinski definition) is 3. The van der Waals surface area contributed by atoms with Crippen molar-refractivity contribution in [3.63, 3.8) is 0 Å². The number of carbonyl (C=O) groups is 2. The monoisotopic (exact) mass is 425 g/mol. The molecule has 0 heterocycles. The number of rotatable bonds is 6. The maximum atomic E-state index is 11.7. The SMILES string of the molecule is Cc1cc(Oc2c(Cl)cc(NC(=O)CC(=O)O)c(C)c2Cl)cc(C(C)C)c1O. The summed E-state index contributed by atoms with van der Waals surface area (Å²) in [7, 11) is 0. The van der Waals surface area contributed by atoms with Gasteiger partial charge in [0.05, 0.1) is 10.0 Å². The highest BCUT2D eigenvalue weighted by Crippen LogP contribution is 2.43. The van der Waals surface area contributed by atoms with Crippen molar-refractivity contribution in [3.05, 3.63) is 44.9 Å². The molecule has 0 aromatic heterocycles. The molecular formula is C20H21Cl2NO5. The summed E-state index contributed by atoms with van der Waals surface area (Å²) >= 11 is 12.7. The average Bonchev–Trinajstić information content (AvgIpc) is 2.58. The topological polar surface area (TPSA) is 95.9 Å². The van der Waals surface area contributed by atoms with Crippen molar-refractivity contribution in [1.82, 2.24) is 0 Å². The lowest BCUT2D eigenvalue weighted by atomic mass is 9.99. The van der Waals surface area contributed by atoms with Crippen molar-refractivity contribution < 1.29 is 24.5 Å².